The summed E-state index contributed by atoms with van der Waals surface area (Å²) in [5.41, 5.74) is 7.04. The third kappa shape index (κ3) is 4.13. The molecule has 3 nitrogen and oxygen atoms in total. The Balaban J connectivity index is 1.98. The lowest BCUT2D eigenvalue weighted by molar-refractivity contribution is -0.120. The molecule has 0 bridgehead atoms. The highest BCUT2D eigenvalue weighted by Crippen LogP contribution is 2.26. The van der Waals surface area contributed by atoms with Crippen molar-refractivity contribution in [3.63, 3.8) is 0 Å². The van der Waals surface area contributed by atoms with Gasteiger partial charge in [-0.05, 0) is 31.0 Å². The molecule has 3 N–H and O–H groups in total. The fraction of sp³-hybridized carbons (Fsp3) is 0.533. The molecule has 0 radical (unpaired) electrons. The maximum atomic E-state index is 12.3. The van der Waals surface area contributed by atoms with E-state index in [1.165, 1.54) is 19.3 Å². The van der Waals surface area contributed by atoms with Crippen LogP contribution in [0, 0.1) is 5.92 Å². The Morgan fingerprint density at radius 3 is 2.42 bits per heavy atom. The van der Waals surface area contributed by atoms with Gasteiger partial charge in [0.25, 0.3) is 0 Å². The third-order valence-electron chi connectivity index (χ3n) is 3.75. The second-order valence-corrected chi connectivity index (χ2v) is 5.70. The topological polar surface area (TPSA) is 55.1 Å². The Labute approximate surface area is 119 Å². The van der Waals surface area contributed by atoms with Crippen molar-refractivity contribution in [2.45, 2.75) is 44.9 Å². The molecule has 0 unspecified atom stereocenters. The van der Waals surface area contributed by atoms with E-state index in [1.54, 1.807) is 18.2 Å². The first-order valence-corrected chi connectivity index (χ1v) is 7.40. The summed E-state index contributed by atoms with van der Waals surface area (Å²) in [6, 6.07) is 5.17. The van der Waals surface area contributed by atoms with Crippen molar-refractivity contribution in [2.24, 2.45) is 5.92 Å². The Bertz CT molecular complexity index is 440. The lowest BCUT2D eigenvalue weighted by atomic mass is 9.90. The number of anilines is 2. The zero-order valence-electron chi connectivity index (χ0n) is 11.1. The average Bonchev–Trinajstić information content (AvgIpc) is 2.32. The van der Waals surface area contributed by atoms with Gasteiger partial charge < -0.3 is 11.1 Å². The summed E-state index contributed by atoms with van der Waals surface area (Å²) in [4.78, 5) is 12.3. The first-order chi connectivity index (χ1) is 9.16. The van der Waals surface area contributed by atoms with Crippen molar-refractivity contribution < 1.29 is 4.79 Å². The highest BCUT2D eigenvalue weighted by Gasteiger charge is 2.19. The molecule has 1 aromatic rings. The van der Waals surface area contributed by atoms with E-state index >= 15 is 0 Å². The van der Waals surface area contributed by atoms with Crippen molar-refractivity contribution in [1.82, 2.24) is 0 Å². The maximum Gasteiger partial charge on any atom is 0.227 e. The summed E-state index contributed by atoms with van der Waals surface area (Å²) in [7, 11) is 0. The average molecular weight is 281 g/mol. The predicted octanol–water partition coefficient (Wildman–Crippen LogP) is 4.22. The Kier molecular flexibility index (Phi) is 5.08. The summed E-state index contributed by atoms with van der Waals surface area (Å²) in [5, 5.41) is 3.52. The van der Waals surface area contributed by atoms with E-state index in [2.05, 4.69) is 5.32 Å². The van der Waals surface area contributed by atoms with Crippen molar-refractivity contribution in [1.29, 1.82) is 0 Å². The molecule has 4 heteroatoms. The number of carbonyl (C=O) groups is 1. The molecule has 0 aromatic heterocycles. The second kappa shape index (κ2) is 6.80. The van der Waals surface area contributed by atoms with Gasteiger partial charge in [0.2, 0.25) is 5.91 Å². The summed E-state index contributed by atoms with van der Waals surface area (Å²) < 4.78 is 0. The number of amides is 1. The summed E-state index contributed by atoms with van der Waals surface area (Å²) in [6.07, 6.45) is 8.05. The van der Waals surface area contributed by atoms with Crippen LogP contribution >= 0.6 is 11.6 Å². The van der Waals surface area contributed by atoms with Crippen LogP contribution in [-0.4, -0.2) is 5.91 Å². The molecule has 1 aliphatic carbocycles. The van der Waals surface area contributed by atoms with Crippen molar-refractivity contribution in [3.8, 4) is 0 Å². The van der Waals surface area contributed by atoms with Crippen LogP contribution in [0.3, 0.4) is 0 Å². The molecule has 0 atom stereocenters. The van der Waals surface area contributed by atoms with E-state index in [0.29, 0.717) is 16.4 Å². The minimum Gasteiger partial charge on any atom is -0.397 e. The maximum absolute atomic E-state index is 12.3. The van der Waals surface area contributed by atoms with Crippen LogP contribution in [0.25, 0.3) is 0 Å². The zero-order valence-corrected chi connectivity index (χ0v) is 11.9. The van der Waals surface area contributed by atoms with E-state index in [0.717, 1.165) is 25.7 Å². The summed E-state index contributed by atoms with van der Waals surface area (Å²) in [6.45, 7) is 0. The number of benzene rings is 1. The van der Waals surface area contributed by atoms with E-state index < -0.39 is 0 Å². The molecule has 2 rings (SSSR count). The minimum absolute atomic E-state index is 0.0934. The quantitative estimate of drug-likeness (QED) is 0.797. The van der Waals surface area contributed by atoms with Crippen LogP contribution in [0.15, 0.2) is 18.2 Å². The highest BCUT2D eigenvalue weighted by atomic mass is 35.5. The summed E-state index contributed by atoms with van der Waals surface area (Å²) >= 11 is 5.85. The number of nitrogens with one attached hydrogen (secondary N) is 1. The number of hydrogen-bond acceptors (Lipinski definition) is 2. The first-order valence-electron chi connectivity index (χ1n) is 7.02. The predicted molar refractivity (Wildman–Crippen MR) is 80.3 cm³/mol. The van der Waals surface area contributed by atoms with Crippen LogP contribution in [0.4, 0.5) is 11.4 Å². The van der Waals surface area contributed by atoms with Crippen LogP contribution in [0.2, 0.25) is 5.02 Å². The molecule has 1 aromatic carbocycles. The molecule has 0 aliphatic heterocycles. The number of halogens is 1. The largest absolute Gasteiger partial charge is 0.397 e. The lowest BCUT2D eigenvalue weighted by Gasteiger charge is -2.19. The van der Waals surface area contributed by atoms with Crippen LogP contribution < -0.4 is 11.1 Å². The van der Waals surface area contributed by atoms with E-state index in [1.807, 2.05) is 0 Å². The Morgan fingerprint density at radius 1 is 1.16 bits per heavy atom. The van der Waals surface area contributed by atoms with Gasteiger partial charge in [-0.1, -0.05) is 43.7 Å². The molecule has 0 spiro atoms. The van der Waals surface area contributed by atoms with Gasteiger partial charge in [0.05, 0.1) is 11.4 Å². The lowest BCUT2D eigenvalue weighted by Crippen LogP contribution is -2.24. The zero-order chi connectivity index (χ0) is 13.7. The van der Waals surface area contributed by atoms with Crippen LogP contribution in [0.5, 0.6) is 0 Å². The normalized spacial score (nSPS) is 17.5. The van der Waals surface area contributed by atoms with Crippen molar-refractivity contribution >= 4 is 28.9 Å². The van der Waals surface area contributed by atoms with E-state index in [-0.39, 0.29) is 11.8 Å². The number of rotatable bonds is 2. The smallest absolute Gasteiger partial charge is 0.227 e. The molecule has 1 amide bonds. The van der Waals surface area contributed by atoms with Gasteiger partial charge in [0.15, 0.2) is 0 Å². The van der Waals surface area contributed by atoms with Gasteiger partial charge in [-0.15, -0.1) is 0 Å². The fourth-order valence-electron chi connectivity index (χ4n) is 2.60. The highest BCUT2D eigenvalue weighted by molar-refractivity contribution is 6.31. The molecule has 1 saturated carbocycles. The van der Waals surface area contributed by atoms with Gasteiger partial charge >= 0.3 is 0 Å². The molecular formula is C15H21ClN2O. The first kappa shape index (κ1) is 14.2. The monoisotopic (exact) mass is 280 g/mol. The van der Waals surface area contributed by atoms with Gasteiger partial charge in [-0.3, -0.25) is 4.79 Å². The number of nitrogens with two attached hydrogens (primary N) is 1. The Hall–Kier alpha value is -1.22. The van der Waals surface area contributed by atoms with E-state index in [9.17, 15) is 4.79 Å². The molecule has 104 valence electrons. The van der Waals surface area contributed by atoms with Gasteiger partial charge in [-0.25, -0.2) is 0 Å². The third-order valence-corrected chi connectivity index (χ3v) is 3.98. The van der Waals surface area contributed by atoms with Crippen LogP contribution in [-0.2, 0) is 4.79 Å². The fourth-order valence-corrected chi connectivity index (χ4v) is 2.78. The number of carbonyl (C=O) groups excluding carboxylic acids is 1. The van der Waals surface area contributed by atoms with Crippen molar-refractivity contribution in [3.05, 3.63) is 23.2 Å². The van der Waals surface area contributed by atoms with Crippen molar-refractivity contribution in [2.75, 3.05) is 11.1 Å². The molecule has 1 fully saturated rings. The van der Waals surface area contributed by atoms with Gasteiger partial charge in [-0.2, -0.15) is 0 Å². The molecule has 19 heavy (non-hydrogen) atoms. The van der Waals surface area contributed by atoms with Crippen LogP contribution in [0.1, 0.15) is 44.9 Å². The van der Waals surface area contributed by atoms with Gasteiger partial charge in [0.1, 0.15) is 0 Å². The number of hydrogen-bond donors (Lipinski definition) is 2. The number of nitrogen functional groups attached to an aromatic ring is 1. The molecule has 1 aliphatic rings. The Morgan fingerprint density at radius 2 is 1.79 bits per heavy atom. The standard InChI is InChI=1S/C15H21ClN2O/c16-12-8-9-14(13(17)10-12)18-15(19)11-6-4-2-1-3-5-7-11/h8-11H,1-7,17H2,(H,18,19). The molecule has 0 saturated heterocycles. The molecule has 0 heterocycles. The SMILES string of the molecule is Nc1cc(Cl)ccc1NC(=O)C1CCCCCCC1. The van der Waals surface area contributed by atoms with Gasteiger partial charge in [0, 0.05) is 10.9 Å². The van der Waals surface area contributed by atoms with E-state index in [4.69, 9.17) is 17.3 Å². The molecular weight excluding hydrogens is 260 g/mol. The second-order valence-electron chi connectivity index (χ2n) is 5.26. The minimum atomic E-state index is 0.0934. The summed E-state index contributed by atoms with van der Waals surface area (Å²) in [5.74, 6) is 0.214.